The lowest BCUT2D eigenvalue weighted by molar-refractivity contribution is 0.414. The predicted molar refractivity (Wildman–Crippen MR) is 93.8 cm³/mol. The highest BCUT2D eigenvalue weighted by atomic mass is 35.5. The lowest BCUT2D eigenvalue weighted by Gasteiger charge is -2.12. The van der Waals surface area contributed by atoms with Crippen LogP contribution in [0.15, 0.2) is 35.2 Å². The van der Waals surface area contributed by atoms with Crippen LogP contribution in [0.2, 0.25) is 5.02 Å². The molecule has 7 heteroatoms. The van der Waals surface area contributed by atoms with E-state index >= 15 is 0 Å². The quantitative estimate of drug-likeness (QED) is 0.853. The molecule has 1 heterocycles. The summed E-state index contributed by atoms with van der Waals surface area (Å²) in [4.78, 5) is 0.163. The minimum absolute atomic E-state index is 0.163. The van der Waals surface area contributed by atoms with Crippen LogP contribution in [-0.4, -0.2) is 15.5 Å². The van der Waals surface area contributed by atoms with Crippen molar-refractivity contribution >= 4 is 21.6 Å². The van der Waals surface area contributed by atoms with Gasteiger partial charge in [0.05, 0.1) is 17.0 Å². The summed E-state index contributed by atoms with van der Waals surface area (Å²) in [5, 5.41) is 3.54. The van der Waals surface area contributed by atoms with E-state index in [2.05, 4.69) is 10.0 Å². The van der Waals surface area contributed by atoms with Crippen LogP contribution in [0, 0.1) is 6.92 Å². The number of aryl methyl sites for hydroxylation is 1. The Morgan fingerprint density at radius 2 is 1.96 bits per heavy atom. The topological polar surface area (TPSA) is 67.4 Å². The van der Waals surface area contributed by atoms with Crippen molar-refractivity contribution in [1.82, 2.24) is 10.0 Å². The molecule has 128 valence electrons. The zero-order valence-corrected chi connectivity index (χ0v) is 15.1. The number of methoxy groups -OCH3 is 1. The fourth-order valence-electron chi connectivity index (χ4n) is 2.80. The number of rotatable bonds is 5. The predicted octanol–water partition coefficient (Wildman–Crippen LogP) is 2.74. The van der Waals surface area contributed by atoms with Crippen molar-refractivity contribution in [2.75, 3.05) is 7.11 Å². The highest BCUT2D eigenvalue weighted by molar-refractivity contribution is 7.89. The van der Waals surface area contributed by atoms with Crippen LogP contribution in [0.3, 0.4) is 0 Å². The first-order valence-electron chi connectivity index (χ1n) is 7.56. The fourth-order valence-corrected chi connectivity index (χ4v) is 4.37. The lowest BCUT2D eigenvalue weighted by Crippen LogP contribution is -2.24. The second-order valence-electron chi connectivity index (χ2n) is 5.78. The standard InChI is InChI=1S/C17H19ClN2O3S/c1-11-5-16(23-2)15(18)7-17(11)24(21,22)20-8-12-3-4-13-9-19-10-14(13)6-12/h3-7,19-20H,8-10H2,1-2H3. The van der Waals surface area contributed by atoms with Gasteiger partial charge in [0.25, 0.3) is 0 Å². The van der Waals surface area contributed by atoms with Crippen LogP contribution in [0.4, 0.5) is 0 Å². The second kappa shape index (κ2) is 6.72. The van der Waals surface area contributed by atoms with Crippen LogP contribution >= 0.6 is 11.6 Å². The number of ether oxygens (including phenoxy) is 1. The molecule has 24 heavy (non-hydrogen) atoms. The Hall–Kier alpha value is -1.60. The van der Waals surface area contributed by atoms with Gasteiger partial charge in [-0.05, 0) is 41.3 Å². The van der Waals surface area contributed by atoms with Crippen molar-refractivity contribution < 1.29 is 13.2 Å². The van der Waals surface area contributed by atoms with Crippen molar-refractivity contribution in [3.8, 4) is 5.75 Å². The van der Waals surface area contributed by atoms with Crippen molar-refractivity contribution in [1.29, 1.82) is 0 Å². The SMILES string of the molecule is COc1cc(C)c(S(=O)(=O)NCc2ccc3c(c2)CNC3)cc1Cl. The van der Waals surface area contributed by atoms with Gasteiger partial charge in [-0.3, -0.25) is 0 Å². The summed E-state index contributed by atoms with van der Waals surface area (Å²) in [7, 11) is -2.16. The number of sulfonamides is 1. The van der Waals surface area contributed by atoms with E-state index in [0.717, 1.165) is 18.7 Å². The Morgan fingerprint density at radius 1 is 1.21 bits per heavy atom. The fraction of sp³-hybridized carbons (Fsp3) is 0.294. The van der Waals surface area contributed by atoms with E-state index in [-0.39, 0.29) is 16.5 Å². The van der Waals surface area contributed by atoms with Gasteiger partial charge in [0.15, 0.2) is 0 Å². The number of fused-ring (bicyclic) bond motifs is 1. The van der Waals surface area contributed by atoms with Crippen LogP contribution in [0.5, 0.6) is 5.75 Å². The first-order valence-corrected chi connectivity index (χ1v) is 9.42. The normalized spacial score (nSPS) is 13.8. The van der Waals surface area contributed by atoms with Gasteiger partial charge in [0.1, 0.15) is 5.75 Å². The molecule has 0 radical (unpaired) electrons. The summed E-state index contributed by atoms with van der Waals surface area (Å²) in [5.74, 6) is 0.458. The number of hydrogen-bond acceptors (Lipinski definition) is 4. The summed E-state index contributed by atoms with van der Waals surface area (Å²) in [6.45, 7) is 3.64. The highest BCUT2D eigenvalue weighted by Gasteiger charge is 2.19. The molecule has 2 aromatic carbocycles. The smallest absolute Gasteiger partial charge is 0.241 e. The monoisotopic (exact) mass is 366 g/mol. The molecule has 0 aliphatic carbocycles. The number of hydrogen-bond donors (Lipinski definition) is 2. The van der Waals surface area contributed by atoms with E-state index in [9.17, 15) is 8.42 Å². The molecular weight excluding hydrogens is 348 g/mol. The van der Waals surface area contributed by atoms with Crippen LogP contribution in [0.25, 0.3) is 0 Å². The van der Waals surface area contributed by atoms with Gasteiger partial charge in [0, 0.05) is 19.6 Å². The average molecular weight is 367 g/mol. The summed E-state index contributed by atoms with van der Waals surface area (Å²) >= 11 is 6.06. The van der Waals surface area contributed by atoms with Crippen molar-refractivity contribution in [2.24, 2.45) is 0 Å². The molecule has 0 bridgehead atoms. The van der Waals surface area contributed by atoms with Gasteiger partial charge < -0.3 is 10.1 Å². The van der Waals surface area contributed by atoms with Crippen molar-refractivity contribution in [3.63, 3.8) is 0 Å². The van der Waals surface area contributed by atoms with E-state index < -0.39 is 10.0 Å². The Morgan fingerprint density at radius 3 is 2.71 bits per heavy atom. The Labute approximate surface area is 147 Å². The maximum atomic E-state index is 12.6. The molecule has 0 aromatic heterocycles. The van der Waals surface area contributed by atoms with Gasteiger partial charge in [-0.1, -0.05) is 29.8 Å². The van der Waals surface area contributed by atoms with Gasteiger partial charge >= 0.3 is 0 Å². The summed E-state index contributed by atoms with van der Waals surface area (Å²) in [6.07, 6.45) is 0. The number of halogens is 1. The van der Waals surface area contributed by atoms with E-state index in [4.69, 9.17) is 16.3 Å². The summed E-state index contributed by atoms with van der Waals surface area (Å²) in [6, 6.07) is 9.06. The minimum Gasteiger partial charge on any atom is -0.495 e. The Kier molecular flexibility index (Phi) is 4.83. The van der Waals surface area contributed by atoms with Crippen molar-refractivity contribution in [2.45, 2.75) is 31.5 Å². The molecular formula is C17H19ClN2O3S. The molecule has 2 aromatic rings. The average Bonchev–Trinajstić information content (AvgIpc) is 3.02. The van der Waals surface area contributed by atoms with E-state index in [0.29, 0.717) is 11.3 Å². The van der Waals surface area contributed by atoms with E-state index in [1.165, 1.54) is 24.3 Å². The highest BCUT2D eigenvalue weighted by Crippen LogP contribution is 2.30. The summed E-state index contributed by atoms with van der Waals surface area (Å²) < 4.78 is 32.9. The third kappa shape index (κ3) is 3.42. The molecule has 1 aliphatic heterocycles. The maximum absolute atomic E-state index is 12.6. The zero-order chi connectivity index (χ0) is 17.3. The third-order valence-electron chi connectivity index (χ3n) is 4.11. The minimum atomic E-state index is -3.66. The molecule has 5 nitrogen and oxygen atoms in total. The first kappa shape index (κ1) is 17.2. The van der Waals surface area contributed by atoms with Gasteiger partial charge in [-0.15, -0.1) is 0 Å². The third-order valence-corrected chi connectivity index (χ3v) is 5.95. The summed E-state index contributed by atoms with van der Waals surface area (Å²) in [5.41, 5.74) is 4.00. The number of nitrogens with one attached hydrogen (secondary N) is 2. The molecule has 1 aliphatic rings. The van der Waals surface area contributed by atoms with E-state index in [1.807, 2.05) is 18.2 Å². The van der Waals surface area contributed by atoms with Gasteiger partial charge in [-0.25, -0.2) is 13.1 Å². The maximum Gasteiger partial charge on any atom is 0.241 e. The van der Waals surface area contributed by atoms with Crippen LogP contribution in [-0.2, 0) is 29.7 Å². The van der Waals surface area contributed by atoms with E-state index in [1.54, 1.807) is 13.0 Å². The molecule has 0 unspecified atom stereocenters. The molecule has 3 rings (SSSR count). The molecule has 0 spiro atoms. The van der Waals surface area contributed by atoms with Crippen LogP contribution in [0.1, 0.15) is 22.3 Å². The molecule has 2 N–H and O–H groups in total. The number of benzene rings is 2. The molecule has 0 saturated heterocycles. The molecule has 0 amide bonds. The Bertz CT molecular complexity index is 882. The zero-order valence-electron chi connectivity index (χ0n) is 13.5. The lowest BCUT2D eigenvalue weighted by atomic mass is 10.1. The molecule has 0 fully saturated rings. The Balaban J connectivity index is 1.80. The molecule has 0 atom stereocenters. The van der Waals surface area contributed by atoms with Gasteiger partial charge in [0.2, 0.25) is 10.0 Å². The van der Waals surface area contributed by atoms with Crippen LogP contribution < -0.4 is 14.8 Å². The largest absolute Gasteiger partial charge is 0.495 e. The van der Waals surface area contributed by atoms with Crippen molar-refractivity contribution in [3.05, 3.63) is 57.6 Å². The molecule has 0 saturated carbocycles. The second-order valence-corrected chi connectivity index (χ2v) is 7.93. The van der Waals surface area contributed by atoms with Gasteiger partial charge in [-0.2, -0.15) is 0 Å². The first-order chi connectivity index (χ1) is 11.4.